The molecule has 2 atom stereocenters. The number of carbonyl (C=O) groups excluding carboxylic acids is 2. The van der Waals surface area contributed by atoms with E-state index >= 15 is 0 Å². The highest BCUT2D eigenvalue weighted by Gasteiger charge is 2.43. The molecular formula is C31H31NO3. The summed E-state index contributed by atoms with van der Waals surface area (Å²) in [7, 11) is 0. The second-order valence-electron chi connectivity index (χ2n) is 9.48. The molecule has 1 amide bonds. The standard InChI is InChI=1S/C31H31NO3/c1-4-35-29-16-9-8-14-24(29)25-19-30(34)32(26-15-10-11-20(2)21(26)3)27-17-23(18-28(33)31(25)27)22-12-6-5-7-13-22/h5-16,23,25H,4,17-19H2,1-3H3. The Morgan fingerprint density at radius 1 is 0.857 bits per heavy atom. The predicted molar refractivity (Wildman–Crippen MR) is 139 cm³/mol. The van der Waals surface area contributed by atoms with Crippen LogP contribution < -0.4 is 9.64 Å². The minimum absolute atomic E-state index is 0.0234. The summed E-state index contributed by atoms with van der Waals surface area (Å²) in [6.45, 7) is 6.59. The number of hydrogen-bond donors (Lipinski definition) is 0. The first-order valence-electron chi connectivity index (χ1n) is 12.4. The SMILES string of the molecule is CCOc1ccccc1C1CC(=O)N(c2cccc(C)c2C)C2=C1C(=O)CC(c1ccccc1)C2. The number of aryl methyl sites for hydroxylation is 1. The fourth-order valence-corrected chi connectivity index (χ4v) is 5.58. The van der Waals surface area contributed by atoms with Gasteiger partial charge in [-0.3, -0.25) is 14.5 Å². The lowest BCUT2D eigenvalue weighted by atomic mass is 9.72. The van der Waals surface area contributed by atoms with E-state index in [0.29, 0.717) is 19.4 Å². The van der Waals surface area contributed by atoms with Gasteiger partial charge in [0.15, 0.2) is 5.78 Å². The Kier molecular flexibility index (Phi) is 6.29. The van der Waals surface area contributed by atoms with Crippen molar-refractivity contribution in [3.8, 4) is 5.75 Å². The van der Waals surface area contributed by atoms with Crippen LogP contribution in [0.4, 0.5) is 5.69 Å². The molecule has 0 bridgehead atoms. The summed E-state index contributed by atoms with van der Waals surface area (Å²) in [5, 5.41) is 0. The second kappa shape index (κ2) is 9.53. The van der Waals surface area contributed by atoms with Crippen LogP contribution in [0.25, 0.3) is 0 Å². The largest absolute Gasteiger partial charge is 0.494 e. The minimum Gasteiger partial charge on any atom is -0.494 e. The van der Waals surface area contributed by atoms with Crippen LogP contribution in [0.15, 0.2) is 84.1 Å². The zero-order chi connectivity index (χ0) is 24.5. The highest BCUT2D eigenvalue weighted by Crippen LogP contribution is 2.49. The number of carbonyl (C=O) groups is 2. The number of ketones is 1. The fraction of sp³-hybridized carbons (Fsp3) is 0.290. The van der Waals surface area contributed by atoms with Crippen LogP contribution in [0.5, 0.6) is 5.75 Å². The van der Waals surface area contributed by atoms with Crippen molar-refractivity contribution in [2.75, 3.05) is 11.5 Å². The van der Waals surface area contributed by atoms with Gasteiger partial charge < -0.3 is 4.74 Å². The molecule has 3 aromatic carbocycles. The van der Waals surface area contributed by atoms with Crippen molar-refractivity contribution in [2.24, 2.45) is 0 Å². The van der Waals surface area contributed by atoms with E-state index in [1.807, 2.05) is 73.3 Å². The predicted octanol–water partition coefficient (Wildman–Crippen LogP) is 6.62. The Hall–Kier alpha value is -3.66. The molecule has 0 saturated carbocycles. The number of rotatable bonds is 5. The Morgan fingerprint density at radius 2 is 1.60 bits per heavy atom. The Bertz CT molecular complexity index is 1310. The minimum atomic E-state index is -0.300. The molecule has 2 aliphatic rings. The monoisotopic (exact) mass is 465 g/mol. The van der Waals surface area contributed by atoms with Crippen LogP contribution in [0.3, 0.4) is 0 Å². The molecule has 0 radical (unpaired) electrons. The summed E-state index contributed by atoms with van der Waals surface area (Å²) in [5.41, 5.74) is 6.74. The summed E-state index contributed by atoms with van der Waals surface area (Å²) in [6, 6.07) is 24.0. The van der Waals surface area contributed by atoms with Gasteiger partial charge in [0, 0.05) is 35.6 Å². The van der Waals surface area contributed by atoms with Crippen molar-refractivity contribution in [1.82, 2.24) is 0 Å². The van der Waals surface area contributed by atoms with E-state index in [4.69, 9.17) is 4.74 Å². The van der Waals surface area contributed by atoms with Gasteiger partial charge in [-0.2, -0.15) is 0 Å². The Balaban J connectivity index is 1.69. The summed E-state index contributed by atoms with van der Waals surface area (Å²) >= 11 is 0. The van der Waals surface area contributed by atoms with Crippen LogP contribution in [-0.4, -0.2) is 18.3 Å². The van der Waals surface area contributed by atoms with Gasteiger partial charge in [-0.15, -0.1) is 0 Å². The van der Waals surface area contributed by atoms with Gasteiger partial charge in [-0.1, -0.05) is 60.7 Å². The fourth-order valence-electron chi connectivity index (χ4n) is 5.58. The first-order valence-corrected chi connectivity index (χ1v) is 12.4. The number of amides is 1. The molecule has 4 nitrogen and oxygen atoms in total. The Morgan fingerprint density at radius 3 is 2.37 bits per heavy atom. The van der Waals surface area contributed by atoms with Crippen LogP contribution in [-0.2, 0) is 9.59 Å². The van der Waals surface area contributed by atoms with Gasteiger partial charge in [0.2, 0.25) is 5.91 Å². The van der Waals surface area contributed by atoms with Gasteiger partial charge in [-0.25, -0.2) is 0 Å². The van der Waals surface area contributed by atoms with E-state index in [0.717, 1.165) is 45.0 Å². The number of hydrogen-bond acceptors (Lipinski definition) is 3. The van der Waals surface area contributed by atoms with E-state index in [1.165, 1.54) is 0 Å². The highest BCUT2D eigenvalue weighted by atomic mass is 16.5. The summed E-state index contributed by atoms with van der Waals surface area (Å²) in [4.78, 5) is 29.6. The average molecular weight is 466 g/mol. The molecule has 1 aliphatic heterocycles. The van der Waals surface area contributed by atoms with Crippen LogP contribution in [0.1, 0.15) is 60.3 Å². The van der Waals surface area contributed by atoms with Crippen molar-refractivity contribution < 1.29 is 14.3 Å². The highest BCUT2D eigenvalue weighted by molar-refractivity contribution is 6.08. The third kappa shape index (κ3) is 4.18. The molecule has 3 aromatic rings. The van der Waals surface area contributed by atoms with Crippen LogP contribution in [0.2, 0.25) is 0 Å². The molecule has 0 saturated heterocycles. The molecule has 35 heavy (non-hydrogen) atoms. The van der Waals surface area contributed by atoms with E-state index in [2.05, 4.69) is 25.1 Å². The smallest absolute Gasteiger partial charge is 0.232 e. The lowest BCUT2D eigenvalue weighted by Crippen LogP contribution is -2.42. The molecule has 1 aliphatic carbocycles. The number of allylic oxidation sites excluding steroid dienone is 2. The molecule has 5 rings (SSSR count). The molecular weight excluding hydrogens is 434 g/mol. The average Bonchev–Trinajstić information content (AvgIpc) is 2.86. The van der Waals surface area contributed by atoms with E-state index in [-0.39, 0.29) is 29.9 Å². The molecule has 1 heterocycles. The molecule has 0 N–H and O–H groups in total. The third-order valence-corrected chi connectivity index (χ3v) is 7.41. The van der Waals surface area contributed by atoms with Crippen molar-refractivity contribution in [1.29, 1.82) is 0 Å². The van der Waals surface area contributed by atoms with E-state index in [1.54, 1.807) is 0 Å². The van der Waals surface area contributed by atoms with Crippen molar-refractivity contribution in [2.45, 2.75) is 51.9 Å². The first kappa shape index (κ1) is 23.1. The number of anilines is 1. The molecule has 2 unspecified atom stereocenters. The van der Waals surface area contributed by atoms with Crippen LogP contribution >= 0.6 is 0 Å². The maximum absolute atomic E-state index is 13.9. The van der Waals surface area contributed by atoms with Gasteiger partial charge in [0.25, 0.3) is 0 Å². The van der Waals surface area contributed by atoms with Crippen molar-refractivity contribution >= 4 is 17.4 Å². The van der Waals surface area contributed by atoms with E-state index in [9.17, 15) is 9.59 Å². The normalized spacial score (nSPS) is 20.1. The number of nitrogens with zero attached hydrogens (tertiary/aromatic N) is 1. The zero-order valence-corrected chi connectivity index (χ0v) is 20.6. The second-order valence-corrected chi connectivity index (χ2v) is 9.48. The van der Waals surface area contributed by atoms with Gasteiger partial charge in [-0.05, 0) is 61.9 Å². The van der Waals surface area contributed by atoms with Gasteiger partial charge in [0.1, 0.15) is 5.75 Å². The maximum Gasteiger partial charge on any atom is 0.232 e. The molecule has 178 valence electrons. The van der Waals surface area contributed by atoms with Gasteiger partial charge >= 0.3 is 0 Å². The zero-order valence-electron chi connectivity index (χ0n) is 20.6. The van der Waals surface area contributed by atoms with Crippen molar-refractivity contribution in [3.05, 3.63) is 106 Å². The molecule has 0 fully saturated rings. The molecule has 0 spiro atoms. The summed E-state index contributed by atoms with van der Waals surface area (Å²) < 4.78 is 5.92. The third-order valence-electron chi connectivity index (χ3n) is 7.41. The van der Waals surface area contributed by atoms with Crippen molar-refractivity contribution in [3.63, 3.8) is 0 Å². The van der Waals surface area contributed by atoms with E-state index < -0.39 is 0 Å². The Labute approximate surface area is 207 Å². The van der Waals surface area contributed by atoms with Gasteiger partial charge in [0.05, 0.1) is 12.3 Å². The molecule has 0 aromatic heterocycles. The number of ether oxygens (including phenoxy) is 1. The summed E-state index contributed by atoms with van der Waals surface area (Å²) in [5.74, 6) is 0.641. The first-order chi connectivity index (χ1) is 17.0. The number of Topliss-reactive ketones (excluding diaryl/α,β-unsaturated/α-hetero) is 1. The lowest BCUT2D eigenvalue weighted by molar-refractivity contribution is -0.120. The lowest BCUT2D eigenvalue weighted by Gasteiger charge is -2.41. The number of benzene rings is 3. The van der Waals surface area contributed by atoms with Crippen LogP contribution in [0, 0.1) is 13.8 Å². The summed E-state index contributed by atoms with van der Waals surface area (Å²) in [6.07, 6.45) is 1.35. The quantitative estimate of drug-likeness (QED) is 0.425. The topological polar surface area (TPSA) is 46.6 Å². The molecule has 4 heteroatoms. The maximum atomic E-state index is 13.9. The number of para-hydroxylation sites is 1.